The van der Waals surface area contributed by atoms with E-state index in [1.165, 1.54) is 135 Å². The van der Waals surface area contributed by atoms with Crippen LogP contribution in [0.1, 0.15) is 194 Å². The lowest BCUT2D eigenvalue weighted by atomic mass is 10.0. The van der Waals surface area contributed by atoms with Crippen LogP contribution in [0.25, 0.3) is 0 Å². The first-order valence-corrected chi connectivity index (χ1v) is 21.3. The van der Waals surface area contributed by atoms with Gasteiger partial charge in [0, 0.05) is 13.0 Å². The first-order chi connectivity index (χ1) is 22.9. The summed E-state index contributed by atoms with van der Waals surface area (Å²) in [5, 5.41) is 13.6. The molecule has 47 heavy (non-hydrogen) atoms. The van der Waals surface area contributed by atoms with E-state index in [0.717, 1.165) is 38.5 Å². The fraction of sp³-hybridized carbons (Fsp3) is 0.921. The van der Waals surface area contributed by atoms with E-state index in [9.17, 15) is 19.4 Å². The topological polar surface area (TPSA) is 131 Å². The maximum atomic E-state index is 12.7. The second-order valence-corrected chi connectivity index (χ2v) is 15.0. The molecule has 0 aromatic carbocycles. The number of rotatable bonds is 37. The highest BCUT2D eigenvalue weighted by molar-refractivity contribution is 7.47. The Morgan fingerprint density at radius 3 is 1.51 bits per heavy atom. The normalized spacial score (nSPS) is 14.4. The molecule has 0 aliphatic carbocycles. The lowest BCUT2D eigenvalue weighted by Crippen LogP contribution is -2.45. The van der Waals surface area contributed by atoms with Crippen LogP contribution in [0, 0.1) is 0 Å². The summed E-state index contributed by atoms with van der Waals surface area (Å²) in [7, 11) is -4.33. The van der Waals surface area contributed by atoms with E-state index >= 15 is 0 Å². The van der Waals surface area contributed by atoms with Gasteiger partial charge in [0.2, 0.25) is 5.91 Å². The molecule has 0 radical (unpaired) electrons. The molecule has 9 heteroatoms. The van der Waals surface area contributed by atoms with Crippen LogP contribution < -0.4 is 11.1 Å². The van der Waals surface area contributed by atoms with Gasteiger partial charge in [-0.15, -0.1) is 0 Å². The summed E-state index contributed by atoms with van der Waals surface area (Å²) in [5.74, 6) is -0.194. The number of phosphoric acid groups is 1. The standard InChI is InChI=1S/C38H77N2O6P/c1-3-5-7-9-11-13-15-16-17-18-19-20-22-23-25-27-29-31-37(41)36(35-46-47(43,44)45-34-33-39)40-38(42)32-30-28-26-24-21-14-12-10-8-6-4-2/h29,31,36-37,41H,3-28,30,32-35,39H2,1-2H3,(H,40,42)(H,43,44)/b31-29+/t36-,37+/m0/s1. The van der Waals surface area contributed by atoms with E-state index in [4.69, 9.17) is 14.8 Å². The molecule has 8 nitrogen and oxygen atoms in total. The highest BCUT2D eigenvalue weighted by Crippen LogP contribution is 2.43. The number of amides is 1. The molecule has 5 N–H and O–H groups in total. The van der Waals surface area contributed by atoms with Gasteiger partial charge in [-0.2, -0.15) is 0 Å². The number of aliphatic hydroxyl groups is 1. The van der Waals surface area contributed by atoms with Gasteiger partial charge in [-0.1, -0.05) is 180 Å². The Morgan fingerprint density at radius 1 is 0.681 bits per heavy atom. The lowest BCUT2D eigenvalue weighted by Gasteiger charge is -2.23. The summed E-state index contributed by atoms with van der Waals surface area (Å²) in [5.41, 5.74) is 5.36. The van der Waals surface area contributed by atoms with Crippen LogP contribution in [0.4, 0.5) is 0 Å². The van der Waals surface area contributed by atoms with Crippen molar-refractivity contribution in [2.45, 2.75) is 206 Å². The van der Waals surface area contributed by atoms with Crippen molar-refractivity contribution < 1.29 is 28.4 Å². The summed E-state index contributed by atoms with van der Waals surface area (Å²) in [4.78, 5) is 22.6. The van der Waals surface area contributed by atoms with Gasteiger partial charge in [-0.3, -0.25) is 13.8 Å². The molecule has 280 valence electrons. The van der Waals surface area contributed by atoms with E-state index in [1.54, 1.807) is 6.08 Å². The number of hydrogen-bond acceptors (Lipinski definition) is 6. The minimum atomic E-state index is -4.33. The first-order valence-electron chi connectivity index (χ1n) is 19.8. The van der Waals surface area contributed by atoms with Crippen LogP contribution in [0.3, 0.4) is 0 Å². The molecule has 1 unspecified atom stereocenters. The van der Waals surface area contributed by atoms with Crippen molar-refractivity contribution in [2.75, 3.05) is 19.8 Å². The fourth-order valence-corrected chi connectivity index (χ4v) is 6.60. The molecule has 0 spiro atoms. The van der Waals surface area contributed by atoms with Crippen molar-refractivity contribution in [1.82, 2.24) is 5.32 Å². The third-order valence-electron chi connectivity index (χ3n) is 8.86. The minimum absolute atomic E-state index is 0.0811. The van der Waals surface area contributed by atoms with E-state index in [1.807, 2.05) is 6.08 Å². The Kier molecular flexibility index (Phi) is 34.5. The molecule has 0 aliphatic heterocycles. The van der Waals surface area contributed by atoms with E-state index in [2.05, 4.69) is 19.2 Å². The highest BCUT2D eigenvalue weighted by Gasteiger charge is 2.26. The lowest BCUT2D eigenvalue weighted by molar-refractivity contribution is -0.123. The number of nitrogens with one attached hydrogen (secondary N) is 1. The second-order valence-electron chi connectivity index (χ2n) is 13.5. The quantitative estimate of drug-likeness (QED) is 0.0290. The summed E-state index contributed by atoms with van der Waals surface area (Å²) >= 11 is 0. The van der Waals surface area contributed by atoms with Crippen molar-refractivity contribution in [3.63, 3.8) is 0 Å². The third kappa shape index (κ3) is 33.5. The Balaban J connectivity index is 4.25. The molecule has 3 atom stereocenters. The number of unbranched alkanes of at least 4 members (excludes halogenated alkanes) is 25. The van der Waals surface area contributed by atoms with Crippen LogP contribution in [-0.2, 0) is 18.4 Å². The molecule has 0 aromatic rings. The molecule has 1 amide bonds. The first kappa shape index (κ1) is 46.2. The SMILES string of the molecule is CCCCCCCCCCCCCCCCC/C=C/[C@@H](O)[C@H](COP(=O)(O)OCCN)NC(=O)CCCCCCCCCCCCC. The maximum Gasteiger partial charge on any atom is 0.472 e. The summed E-state index contributed by atoms with van der Waals surface area (Å²) in [6, 6.07) is -0.852. The highest BCUT2D eigenvalue weighted by atomic mass is 31.2. The Bertz CT molecular complexity index is 754. The third-order valence-corrected chi connectivity index (χ3v) is 9.85. The zero-order valence-corrected chi connectivity index (χ0v) is 31.7. The van der Waals surface area contributed by atoms with Crippen molar-refractivity contribution in [3.05, 3.63) is 12.2 Å². The zero-order valence-electron chi connectivity index (χ0n) is 30.8. The van der Waals surface area contributed by atoms with Gasteiger partial charge in [0.05, 0.1) is 25.4 Å². The maximum absolute atomic E-state index is 12.7. The number of carbonyl (C=O) groups is 1. The molecule has 0 saturated carbocycles. The van der Waals surface area contributed by atoms with Gasteiger partial charge >= 0.3 is 7.82 Å². The number of carbonyl (C=O) groups excluding carboxylic acids is 1. The molecule has 0 rings (SSSR count). The zero-order chi connectivity index (χ0) is 34.7. The summed E-state index contributed by atoms with van der Waals surface area (Å²) in [6.07, 6.45) is 36.8. The molecule has 0 bridgehead atoms. The van der Waals surface area contributed by atoms with Gasteiger partial charge in [-0.25, -0.2) is 4.57 Å². The van der Waals surface area contributed by atoms with Crippen LogP contribution in [0.15, 0.2) is 12.2 Å². The predicted octanol–water partition coefficient (Wildman–Crippen LogP) is 10.4. The Morgan fingerprint density at radius 2 is 1.09 bits per heavy atom. The Labute approximate surface area is 290 Å². The molecular weight excluding hydrogens is 611 g/mol. The predicted molar refractivity (Wildman–Crippen MR) is 198 cm³/mol. The molecule has 0 aromatic heterocycles. The Hall–Kier alpha value is -0.760. The van der Waals surface area contributed by atoms with Gasteiger partial charge in [0.25, 0.3) is 0 Å². The average Bonchev–Trinajstić information content (AvgIpc) is 3.05. The summed E-state index contributed by atoms with van der Waals surface area (Å²) < 4.78 is 22.0. The number of phosphoric ester groups is 1. The largest absolute Gasteiger partial charge is 0.472 e. The molecule has 0 saturated heterocycles. The van der Waals surface area contributed by atoms with Crippen molar-refractivity contribution >= 4 is 13.7 Å². The fourth-order valence-electron chi connectivity index (χ4n) is 5.84. The van der Waals surface area contributed by atoms with Gasteiger partial charge in [-0.05, 0) is 19.3 Å². The van der Waals surface area contributed by atoms with E-state index in [0.29, 0.717) is 6.42 Å². The monoisotopic (exact) mass is 689 g/mol. The second kappa shape index (κ2) is 35.1. The van der Waals surface area contributed by atoms with E-state index < -0.39 is 20.0 Å². The van der Waals surface area contributed by atoms with Crippen LogP contribution >= 0.6 is 7.82 Å². The summed E-state index contributed by atoms with van der Waals surface area (Å²) in [6.45, 7) is 4.13. The molecule has 0 heterocycles. The van der Waals surface area contributed by atoms with Crippen LogP contribution in [0.2, 0.25) is 0 Å². The number of aliphatic hydroxyl groups excluding tert-OH is 1. The van der Waals surface area contributed by atoms with Gasteiger partial charge in [0.1, 0.15) is 0 Å². The van der Waals surface area contributed by atoms with Gasteiger partial charge in [0.15, 0.2) is 0 Å². The number of nitrogens with two attached hydrogens (primary N) is 1. The average molecular weight is 689 g/mol. The molecule has 0 aliphatic rings. The smallest absolute Gasteiger partial charge is 0.387 e. The van der Waals surface area contributed by atoms with Crippen molar-refractivity contribution in [1.29, 1.82) is 0 Å². The molecule has 0 fully saturated rings. The molecular formula is C38H77N2O6P. The van der Waals surface area contributed by atoms with Crippen LogP contribution in [0.5, 0.6) is 0 Å². The number of hydrogen-bond donors (Lipinski definition) is 4. The van der Waals surface area contributed by atoms with Crippen LogP contribution in [-0.4, -0.2) is 47.8 Å². The number of allylic oxidation sites excluding steroid dienone is 1. The van der Waals surface area contributed by atoms with Crippen molar-refractivity contribution in [3.8, 4) is 0 Å². The van der Waals surface area contributed by atoms with Gasteiger partial charge < -0.3 is 21.1 Å². The minimum Gasteiger partial charge on any atom is -0.387 e. The van der Waals surface area contributed by atoms with Crippen molar-refractivity contribution in [2.24, 2.45) is 5.73 Å². The van der Waals surface area contributed by atoms with E-state index in [-0.39, 0.29) is 25.7 Å².